The fraction of sp³-hybridized carbons (Fsp3) is 0.0909. The van der Waals surface area contributed by atoms with E-state index < -0.39 is 22.5 Å². The van der Waals surface area contributed by atoms with Gasteiger partial charge in [-0.1, -0.05) is 66.7 Å². The lowest BCUT2D eigenvalue weighted by molar-refractivity contribution is -0.116. The minimum absolute atomic E-state index is 0.137. The number of rotatable bonds is 4. The molecule has 0 radical (unpaired) electrons. The summed E-state index contributed by atoms with van der Waals surface area (Å²) in [6, 6.07) is 23.3. The molecule has 6 nitrogen and oxygen atoms in total. The number of benzene rings is 3. The fourth-order valence-electron chi connectivity index (χ4n) is 3.18. The second-order valence-corrected chi connectivity index (χ2v) is 8.47. The van der Waals surface area contributed by atoms with E-state index in [1.165, 1.54) is 6.07 Å². The summed E-state index contributed by atoms with van der Waals surface area (Å²) in [7, 11) is -3.94. The van der Waals surface area contributed by atoms with Crippen LogP contribution in [0.4, 0.5) is 5.69 Å². The molecule has 0 aliphatic carbocycles. The molecule has 1 aliphatic heterocycles. The number of hydrazone groups is 1. The number of carbonyl (C=O) groups excluding carboxylic acids is 1. The molecule has 1 N–H and O–H groups in total. The lowest BCUT2D eigenvalue weighted by Crippen LogP contribution is -2.38. The highest BCUT2D eigenvalue weighted by molar-refractivity contribution is 7.89. The number of sulfonamides is 1. The molecule has 0 unspecified atom stereocenters. The van der Waals surface area contributed by atoms with Crippen molar-refractivity contribution in [2.45, 2.75) is 11.8 Å². The van der Waals surface area contributed by atoms with Gasteiger partial charge in [-0.15, -0.1) is 0 Å². The second kappa shape index (κ2) is 7.52. The number of para-hydroxylation sites is 1. The quantitative estimate of drug-likeness (QED) is 0.723. The van der Waals surface area contributed by atoms with Crippen LogP contribution in [0.2, 0.25) is 0 Å². The number of aryl methyl sites for hydroxylation is 1. The van der Waals surface area contributed by atoms with Crippen molar-refractivity contribution in [1.82, 2.24) is 4.41 Å². The Labute approximate surface area is 169 Å². The van der Waals surface area contributed by atoms with E-state index >= 15 is 0 Å². The monoisotopic (exact) mass is 405 g/mol. The predicted octanol–water partition coefficient (Wildman–Crippen LogP) is 3.39. The number of hydrogen-bond acceptors (Lipinski definition) is 4. The number of amides is 1. The smallest absolute Gasteiger partial charge is 0.280 e. The van der Waals surface area contributed by atoms with Gasteiger partial charge in [-0.2, -0.15) is 17.9 Å². The lowest BCUT2D eigenvalue weighted by atomic mass is 10.0. The molecular formula is C22H19N3O3S. The van der Waals surface area contributed by atoms with Gasteiger partial charge in [-0.3, -0.25) is 4.79 Å². The maximum atomic E-state index is 13.1. The van der Waals surface area contributed by atoms with Crippen molar-refractivity contribution >= 4 is 27.3 Å². The maximum absolute atomic E-state index is 13.1. The van der Waals surface area contributed by atoms with Crippen LogP contribution in [0.25, 0.3) is 0 Å². The number of anilines is 1. The molecule has 0 saturated heterocycles. The highest BCUT2D eigenvalue weighted by Crippen LogP contribution is 2.28. The van der Waals surface area contributed by atoms with Crippen LogP contribution in [-0.4, -0.2) is 31.0 Å². The Hall–Kier alpha value is -3.45. The van der Waals surface area contributed by atoms with Gasteiger partial charge in [-0.05, 0) is 24.6 Å². The Morgan fingerprint density at radius 2 is 1.59 bits per heavy atom. The molecule has 4 rings (SSSR count). The number of hydrogen-bond donors (Lipinski definition) is 1. The summed E-state index contributed by atoms with van der Waals surface area (Å²) < 4.78 is 27.0. The Morgan fingerprint density at radius 3 is 2.34 bits per heavy atom. The zero-order valence-corrected chi connectivity index (χ0v) is 16.6. The molecule has 0 aromatic heterocycles. The summed E-state index contributed by atoms with van der Waals surface area (Å²) in [6.45, 7) is 1.45. The van der Waals surface area contributed by atoms with E-state index in [4.69, 9.17) is 0 Å². The zero-order chi connectivity index (χ0) is 20.4. The van der Waals surface area contributed by atoms with Crippen molar-refractivity contribution < 1.29 is 13.2 Å². The minimum atomic E-state index is -3.94. The first-order valence-corrected chi connectivity index (χ1v) is 10.5. The average molecular weight is 405 g/mol. The highest BCUT2D eigenvalue weighted by atomic mass is 32.2. The van der Waals surface area contributed by atoms with E-state index in [9.17, 15) is 13.2 Å². The molecule has 1 aliphatic rings. The second-order valence-electron chi connectivity index (χ2n) is 6.66. The Kier molecular flexibility index (Phi) is 4.90. The van der Waals surface area contributed by atoms with E-state index in [1.54, 1.807) is 24.3 Å². The predicted molar refractivity (Wildman–Crippen MR) is 112 cm³/mol. The van der Waals surface area contributed by atoms with Crippen LogP contribution >= 0.6 is 0 Å². The summed E-state index contributed by atoms with van der Waals surface area (Å²) >= 11 is 0. The van der Waals surface area contributed by atoms with Gasteiger partial charge >= 0.3 is 0 Å². The Bertz CT molecular complexity index is 1200. The third-order valence-electron chi connectivity index (χ3n) is 4.65. The summed E-state index contributed by atoms with van der Waals surface area (Å²) in [6.07, 6.45) is 0. The summed E-state index contributed by atoms with van der Waals surface area (Å²) in [5.74, 6) is -0.460. The van der Waals surface area contributed by atoms with Gasteiger partial charge in [0.1, 0.15) is 12.3 Å². The van der Waals surface area contributed by atoms with E-state index in [-0.39, 0.29) is 4.90 Å². The average Bonchev–Trinajstić information content (AvgIpc) is 2.73. The first kappa shape index (κ1) is 18.9. The number of carbonyl (C=O) groups is 1. The molecular weight excluding hydrogens is 386 g/mol. The first-order chi connectivity index (χ1) is 14.0. The van der Waals surface area contributed by atoms with Crippen LogP contribution in [-0.2, 0) is 14.8 Å². The van der Waals surface area contributed by atoms with Gasteiger partial charge in [0, 0.05) is 16.8 Å². The first-order valence-electron chi connectivity index (χ1n) is 9.08. The van der Waals surface area contributed by atoms with E-state index in [0.29, 0.717) is 17.0 Å². The molecule has 0 fully saturated rings. The van der Waals surface area contributed by atoms with Gasteiger partial charge in [0.05, 0.1) is 4.90 Å². The third kappa shape index (κ3) is 3.64. The molecule has 3 aromatic rings. The Balaban J connectivity index is 1.71. The third-order valence-corrected chi connectivity index (χ3v) is 6.33. The van der Waals surface area contributed by atoms with Crippen molar-refractivity contribution in [3.8, 4) is 0 Å². The maximum Gasteiger partial charge on any atom is 0.280 e. The molecule has 0 bridgehead atoms. The molecule has 146 valence electrons. The van der Waals surface area contributed by atoms with Crippen molar-refractivity contribution in [1.29, 1.82) is 0 Å². The summed E-state index contributed by atoms with van der Waals surface area (Å²) in [5, 5.41) is 7.11. The van der Waals surface area contributed by atoms with Crippen LogP contribution in [0.15, 0.2) is 88.9 Å². The van der Waals surface area contributed by atoms with E-state index in [0.717, 1.165) is 15.5 Å². The molecule has 0 saturated carbocycles. The normalized spacial score (nSPS) is 14.7. The molecule has 0 atom stereocenters. The van der Waals surface area contributed by atoms with E-state index in [1.807, 2.05) is 55.5 Å². The number of nitrogens with one attached hydrogen (secondary N) is 1. The molecule has 3 aromatic carbocycles. The topological polar surface area (TPSA) is 78.8 Å². The molecule has 1 heterocycles. The van der Waals surface area contributed by atoms with Crippen LogP contribution in [0, 0.1) is 6.92 Å². The molecule has 1 amide bonds. The Morgan fingerprint density at radius 1 is 0.931 bits per heavy atom. The van der Waals surface area contributed by atoms with Gasteiger partial charge in [-0.25, -0.2) is 0 Å². The largest absolute Gasteiger partial charge is 0.324 e. The van der Waals surface area contributed by atoms with Crippen LogP contribution in [0.1, 0.15) is 16.7 Å². The van der Waals surface area contributed by atoms with Crippen LogP contribution in [0.3, 0.4) is 0 Å². The van der Waals surface area contributed by atoms with Crippen molar-refractivity contribution in [3.05, 3.63) is 95.6 Å². The summed E-state index contributed by atoms with van der Waals surface area (Å²) in [5.41, 5.74) is 3.34. The minimum Gasteiger partial charge on any atom is -0.324 e. The van der Waals surface area contributed by atoms with Gasteiger partial charge in [0.25, 0.3) is 10.0 Å². The highest BCUT2D eigenvalue weighted by Gasteiger charge is 2.34. The van der Waals surface area contributed by atoms with Gasteiger partial charge < -0.3 is 5.32 Å². The lowest BCUT2D eigenvalue weighted by Gasteiger charge is -2.26. The van der Waals surface area contributed by atoms with Crippen LogP contribution < -0.4 is 5.32 Å². The standard InChI is InChI=1S/C22H19N3O3S/c1-16-9-5-7-13-19(16)23-21(26)15-25-24-22(17-10-3-2-4-11-17)18-12-6-8-14-20(18)29(25,27)28/h2-14H,15H2,1H3,(H,23,26). The molecule has 0 spiro atoms. The van der Waals surface area contributed by atoms with Gasteiger partial charge in [0.15, 0.2) is 0 Å². The zero-order valence-electron chi connectivity index (χ0n) is 15.7. The SMILES string of the molecule is Cc1ccccc1NC(=O)CN1N=C(c2ccccc2)c2ccccc2S1(=O)=O. The van der Waals surface area contributed by atoms with Crippen molar-refractivity contribution in [3.63, 3.8) is 0 Å². The van der Waals surface area contributed by atoms with Crippen molar-refractivity contribution in [2.24, 2.45) is 5.10 Å². The molecule has 29 heavy (non-hydrogen) atoms. The van der Waals surface area contributed by atoms with Crippen molar-refractivity contribution in [2.75, 3.05) is 11.9 Å². The fourth-order valence-corrected chi connectivity index (χ4v) is 4.57. The number of nitrogens with zero attached hydrogens (tertiary/aromatic N) is 2. The van der Waals surface area contributed by atoms with Gasteiger partial charge in [0.2, 0.25) is 5.91 Å². The molecule has 7 heteroatoms. The van der Waals surface area contributed by atoms with E-state index in [2.05, 4.69) is 10.4 Å². The summed E-state index contributed by atoms with van der Waals surface area (Å²) in [4.78, 5) is 12.7. The van der Waals surface area contributed by atoms with Crippen LogP contribution in [0.5, 0.6) is 0 Å². The number of fused-ring (bicyclic) bond motifs is 1.